The molecule has 82 valence electrons. The highest BCUT2D eigenvalue weighted by Crippen LogP contribution is 2.10. The minimum Gasteiger partial charge on any atom is -0.356 e. The molecular weight excluding hydrogens is 214 g/mol. The third-order valence-electron chi connectivity index (χ3n) is 2.57. The largest absolute Gasteiger partial charge is 0.356 e. The highest BCUT2D eigenvalue weighted by molar-refractivity contribution is 6.30. The minimum absolute atomic E-state index is 0.0752. The second-order valence-electron chi connectivity index (χ2n) is 3.73. The van der Waals surface area contributed by atoms with Crippen molar-refractivity contribution in [3.63, 3.8) is 0 Å². The lowest BCUT2D eigenvalue weighted by atomic mass is 10.1. The molecule has 0 spiro atoms. The molecule has 0 atom stereocenters. The maximum absolute atomic E-state index is 11.7. The van der Waals surface area contributed by atoms with Crippen LogP contribution in [0.4, 0.5) is 0 Å². The van der Waals surface area contributed by atoms with Crippen LogP contribution in [-0.4, -0.2) is 30.0 Å². The Labute approximate surface area is 93.4 Å². The van der Waals surface area contributed by atoms with Crippen molar-refractivity contribution in [2.45, 2.75) is 18.9 Å². The number of amides is 1. The van der Waals surface area contributed by atoms with Crippen LogP contribution in [0.3, 0.4) is 0 Å². The van der Waals surface area contributed by atoms with Gasteiger partial charge in [0.05, 0.1) is 5.02 Å². The van der Waals surface area contributed by atoms with Crippen molar-refractivity contribution >= 4 is 17.5 Å². The SMILES string of the molecule is O=C(NC1CCNCC1)c1cc(Cl)c[nH]1. The van der Waals surface area contributed by atoms with Crippen molar-refractivity contribution in [1.82, 2.24) is 15.6 Å². The Morgan fingerprint density at radius 3 is 2.80 bits per heavy atom. The van der Waals surface area contributed by atoms with Gasteiger partial charge in [0.2, 0.25) is 0 Å². The lowest BCUT2D eigenvalue weighted by molar-refractivity contribution is 0.0925. The Balaban J connectivity index is 1.91. The summed E-state index contributed by atoms with van der Waals surface area (Å²) in [5.41, 5.74) is 0.526. The zero-order valence-electron chi connectivity index (χ0n) is 8.35. The van der Waals surface area contributed by atoms with Gasteiger partial charge in [-0.3, -0.25) is 4.79 Å². The first-order chi connectivity index (χ1) is 7.25. The van der Waals surface area contributed by atoms with E-state index in [0.717, 1.165) is 25.9 Å². The molecule has 2 rings (SSSR count). The smallest absolute Gasteiger partial charge is 0.267 e. The molecule has 1 aromatic heterocycles. The summed E-state index contributed by atoms with van der Waals surface area (Å²) >= 11 is 5.73. The molecular formula is C10H14ClN3O. The van der Waals surface area contributed by atoms with Gasteiger partial charge >= 0.3 is 0 Å². The summed E-state index contributed by atoms with van der Waals surface area (Å²) in [5.74, 6) is -0.0752. The highest BCUT2D eigenvalue weighted by atomic mass is 35.5. The van der Waals surface area contributed by atoms with E-state index >= 15 is 0 Å². The Bertz CT molecular complexity index is 344. The van der Waals surface area contributed by atoms with Crippen LogP contribution >= 0.6 is 11.6 Å². The topological polar surface area (TPSA) is 56.9 Å². The molecule has 0 aliphatic carbocycles. The average Bonchev–Trinajstić information content (AvgIpc) is 2.66. The van der Waals surface area contributed by atoms with Gasteiger partial charge in [-0.1, -0.05) is 11.6 Å². The van der Waals surface area contributed by atoms with Crippen LogP contribution in [0.1, 0.15) is 23.3 Å². The lowest BCUT2D eigenvalue weighted by Gasteiger charge is -2.23. The predicted molar refractivity (Wildman–Crippen MR) is 59.2 cm³/mol. The quantitative estimate of drug-likeness (QED) is 0.710. The van der Waals surface area contributed by atoms with E-state index in [0.29, 0.717) is 10.7 Å². The van der Waals surface area contributed by atoms with Gasteiger partial charge < -0.3 is 15.6 Å². The second-order valence-corrected chi connectivity index (χ2v) is 4.17. The number of carbonyl (C=O) groups excluding carboxylic acids is 1. The van der Waals surface area contributed by atoms with E-state index in [-0.39, 0.29) is 11.9 Å². The first-order valence-corrected chi connectivity index (χ1v) is 5.49. The van der Waals surface area contributed by atoms with Crippen molar-refractivity contribution in [2.75, 3.05) is 13.1 Å². The van der Waals surface area contributed by atoms with Crippen LogP contribution in [0.15, 0.2) is 12.3 Å². The first kappa shape index (κ1) is 10.5. The standard InChI is InChI=1S/C10H14ClN3O/c11-7-5-9(13-6-7)10(15)14-8-1-3-12-4-2-8/h5-6,8,12-13H,1-4H2,(H,14,15). The molecule has 0 aromatic carbocycles. The van der Waals surface area contributed by atoms with E-state index in [2.05, 4.69) is 15.6 Å². The van der Waals surface area contributed by atoms with Crippen LogP contribution < -0.4 is 10.6 Å². The number of halogens is 1. The van der Waals surface area contributed by atoms with Gasteiger partial charge in [-0.05, 0) is 32.0 Å². The van der Waals surface area contributed by atoms with Crippen LogP contribution in [0.5, 0.6) is 0 Å². The highest BCUT2D eigenvalue weighted by Gasteiger charge is 2.16. The van der Waals surface area contributed by atoms with Gasteiger partial charge in [-0.15, -0.1) is 0 Å². The molecule has 5 heteroatoms. The molecule has 15 heavy (non-hydrogen) atoms. The molecule has 2 heterocycles. The third-order valence-corrected chi connectivity index (χ3v) is 2.78. The summed E-state index contributed by atoms with van der Waals surface area (Å²) in [6.45, 7) is 1.94. The molecule has 1 fully saturated rings. The summed E-state index contributed by atoms with van der Waals surface area (Å²) in [6, 6.07) is 1.92. The van der Waals surface area contributed by atoms with Crippen LogP contribution in [0.2, 0.25) is 5.02 Å². The summed E-state index contributed by atoms with van der Waals surface area (Å²) in [6.07, 6.45) is 3.58. The number of piperidine rings is 1. The van der Waals surface area contributed by atoms with Crippen molar-refractivity contribution in [1.29, 1.82) is 0 Å². The number of nitrogens with one attached hydrogen (secondary N) is 3. The van der Waals surface area contributed by atoms with E-state index in [9.17, 15) is 4.79 Å². The normalized spacial score (nSPS) is 17.7. The molecule has 1 aliphatic heterocycles. The molecule has 0 unspecified atom stereocenters. The zero-order valence-corrected chi connectivity index (χ0v) is 9.10. The molecule has 0 bridgehead atoms. The summed E-state index contributed by atoms with van der Waals surface area (Å²) in [4.78, 5) is 14.5. The summed E-state index contributed by atoms with van der Waals surface area (Å²) in [7, 11) is 0. The molecule has 1 saturated heterocycles. The van der Waals surface area contributed by atoms with Crippen LogP contribution in [-0.2, 0) is 0 Å². The van der Waals surface area contributed by atoms with Gasteiger partial charge in [0.25, 0.3) is 5.91 Å². The number of carbonyl (C=O) groups is 1. The minimum atomic E-state index is -0.0752. The van der Waals surface area contributed by atoms with Crippen molar-refractivity contribution in [3.05, 3.63) is 23.0 Å². The number of aromatic amines is 1. The maximum Gasteiger partial charge on any atom is 0.267 e. The van der Waals surface area contributed by atoms with Gasteiger partial charge in [-0.25, -0.2) is 0 Å². The Hall–Kier alpha value is -1.00. The fourth-order valence-electron chi connectivity index (χ4n) is 1.73. The second kappa shape index (κ2) is 4.68. The molecule has 0 saturated carbocycles. The molecule has 3 N–H and O–H groups in total. The predicted octanol–water partition coefficient (Wildman–Crippen LogP) is 1.15. The lowest BCUT2D eigenvalue weighted by Crippen LogP contribution is -2.42. The zero-order chi connectivity index (χ0) is 10.7. The van der Waals surface area contributed by atoms with Crippen molar-refractivity contribution < 1.29 is 4.79 Å². The molecule has 0 radical (unpaired) electrons. The summed E-state index contributed by atoms with van der Waals surface area (Å²) in [5, 5.41) is 6.79. The van der Waals surface area contributed by atoms with E-state index in [1.54, 1.807) is 12.3 Å². The Kier molecular flexibility index (Phi) is 3.28. The van der Waals surface area contributed by atoms with E-state index in [1.165, 1.54) is 0 Å². The maximum atomic E-state index is 11.7. The van der Waals surface area contributed by atoms with Crippen LogP contribution in [0.25, 0.3) is 0 Å². The summed E-state index contributed by atoms with van der Waals surface area (Å²) < 4.78 is 0. The Morgan fingerprint density at radius 1 is 1.47 bits per heavy atom. The Morgan fingerprint density at radius 2 is 2.20 bits per heavy atom. The monoisotopic (exact) mass is 227 g/mol. The van der Waals surface area contributed by atoms with E-state index < -0.39 is 0 Å². The van der Waals surface area contributed by atoms with Crippen molar-refractivity contribution in [2.24, 2.45) is 0 Å². The molecule has 4 nitrogen and oxygen atoms in total. The van der Waals surface area contributed by atoms with Gasteiger partial charge in [0.1, 0.15) is 5.69 Å². The van der Waals surface area contributed by atoms with Crippen LogP contribution in [0, 0.1) is 0 Å². The number of hydrogen-bond acceptors (Lipinski definition) is 2. The van der Waals surface area contributed by atoms with Gasteiger partial charge in [0, 0.05) is 12.2 Å². The number of hydrogen-bond donors (Lipinski definition) is 3. The number of rotatable bonds is 2. The molecule has 1 amide bonds. The number of aromatic nitrogens is 1. The third kappa shape index (κ3) is 2.73. The van der Waals surface area contributed by atoms with E-state index in [4.69, 9.17) is 11.6 Å². The van der Waals surface area contributed by atoms with Gasteiger partial charge in [-0.2, -0.15) is 0 Å². The van der Waals surface area contributed by atoms with Crippen molar-refractivity contribution in [3.8, 4) is 0 Å². The fraction of sp³-hybridized carbons (Fsp3) is 0.500. The molecule has 1 aromatic rings. The van der Waals surface area contributed by atoms with Gasteiger partial charge in [0.15, 0.2) is 0 Å². The van der Waals surface area contributed by atoms with E-state index in [1.807, 2.05) is 0 Å². The number of H-pyrrole nitrogens is 1. The average molecular weight is 228 g/mol. The fourth-order valence-corrected chi connectivity index (χ4v) is 1.89. The first-order valence-electron chi connectivity index (χ1n) is 5.11. The molecule has 1 aliphatic rings.